The molecule has 0 atom stereocenters. The highest BCUT2D eigenvalue weighted by molar-refractivity contribution is 8.13. The molecule has 0 fully saturated rings. The van der Waals surface area contributed by atoms with Gasteiger partial charge in [-0.2, -0.15) is 0 Å². The molecule has 0 heterocycles. The maximum absolute atomic E-state index is 11.7. The molecule has 7 heteroatoms. The van der Waals surface area contributed by atoms with Gasteiger partial charge in [-0.15, -0.1) is 0 Å². The first kappa shape index (κ1) is 23.8. The van der Waals surface area contributed by atoms with Gasteiger partial charge in [-0.3, -0.25) is 9.59 Å². The summed E-state index contributed by atoms with van der Waals surface area (Å²) in [5.41, 5.74) is -0.472. The minimum Gasteiger partial charge on any atom is -0.444 e. The predicted molar refractivity (Wildman–Crippen MR) is 103 cm³/mol. The highest BCUT2D eigenvalue weighted by Gasteiger charge is 2.15. The van der Waals surface area contributed by atoms with E-state index < -0.39 is 5.60 Å². The van der Waals surface area contributed by atoms with Gasteiger partial charge in [0.25, 0.3) is 0 Å². The number of carbonyl (C=O) groups is 3. The minimum atomic E-state index is -0.472. The highest BCUT2D eigenvalue weighted by Crippen LogP contribution is 2.08. The lowest BCUT2D eigenvalue weighted by Gasteiger charge is -2.19. The Hall–Kier alpha value is -1.24. The maximum atomic E-state index is 11.7. The summed E-state index contributed by atoms with van der Waals surface area (Å²) >= 11 is 1.34. The Labute approximate surface area is 156 Å². The normalized spacial score (nSPS) is 11.0. The van der Waals surface area contributed by atoms with Gasteiger partial charge in [-0.1, -0.05) is 18.2 Å². The smallest absolute Gasteiger partial charge is 0.407 e. The summed E-state index contributed by atoms with van der Waals surface area (Å²) in [6, 6.07) is 0. The molecule has 0 rings (SSSR count). The van der Waals surface area contributed by atoms with Crippen LogP contribution in [0.25, 0.3) is 0 Å². The monoisotopic (exact) mass is 374 g/mol. The topological polar surface area (TPSA) is 84.5 Å². The lowest BCUT2D eigenvalue weighted by atomic mass is 10.2. The van der Waals surface area contributed by atoms with Crippen molar-refractivity contribution in [2.75, 3.05) is 18.8 Å². The van der Waals surface area contributed by atoms with Crippen molar-refractivity contribution < 1.29 is 19.1 Å². The molecule has 0 aliphatic rings. The van der Waals surface area contributed by atoms with E-state index in [1.807, 2.05) is 20.8 Å². The number of hydrogen-bond donors (Lipinski definition) is 2. The van der Waals surface area contributed by atoms with Crippen LogP contribution in [0.3, 0.4) is 0 Å². The first-order valence-corrected chi connectivity index (χ1v) is 10.1. The lowest BCUT2D eigenvalue weighted by Crippen LogP contribution is -2.33. The molecule has 2 amide bonds. The molecule has 146 valence electrons. The lowest BCUT2D eigenvalue weighted by molar-refractivity contribution is -0.121. The molecule has 0 spiro atoms. The molecule has 0 aromatic heterocycles. The van der Waals surface area contributed by atoms with Crippen LogP contribution in [0.4, 0.5) is 4.79 Å². The number of rotatable bonds is 12. The number of carbonyl (C=O) groups excluding carboxylic acids is 3. The Balaban J connectivity index is 3.37. The number of alkyl carbamates (subject to hydrolysis) is 1. The Morgan fingerprint density at radius 2 is 1.48 bits per heavy atom. The summed E-state index contributed by atoms with van der Waals surface area (Å²) in [4.78, 5) is 33.8. The van der Waals surface area contributed by atoms with E-state index in [1.54, 1.807) is 6.92 Å². The molecule has 0 aromatic carbocycles. The van der Waals surface area contributed by atoms with E-state index in [4.69, 9.17) is 4.74 Å². The molecule has 0 aliphatic heterocycles. The fraction of sp³-hybridized carbons (Fsp3) is 0.833. The molecule has 0 radical (unpaired) electrons. The van der Waals surface area contributed by atoms with Gasteiger partial charge in [-0.25, -0.2) is 4.79 Å². The zero-order chi connectivity index (χ0) is 19.1. The molecule has 25 heavy (non-hydrogen) atoms. The SMILES string of the molecule is CC(=O)SCCCCCC(=O)NCCCCCNC(=O)OC(C)(C)C. The maximum Gasteiger partial charge on any atom is 0.407 e. The molecular weight excluding hydrogens is 340 g/mol. The number of unbranched alkanes of at least 4 members (excludes halogenated alkanes) is 4. The second-order valence-electron chi connectivity index (χ2n) is 6.99. The van der Waals surface area contributed by atoms with Crippen molar-refractivity contribution in [2.24, 2.45) is 0 Å². The van der Waals surface area contributed by atoms with Crippen LogP contribution >= 0.6 is 11.8 Å². The fourth-order valence-electron chi connectivity index (χ4n) is 2.03. The van der Waals surface area contributed by atoms with Gasteiger partial charge < -0.3 is 15.4 Å². The molecular formula is C18H34N2O4S. The van der Waals surface area contributed by atoms with E-state index in [0.717, 1.165) is 44.3 Å². The van der Waals surface area contributed by atoms with Gasteiger partial charge in [0, 0.05) is 32.2 Å². The summed E-state index contributed by atoms with van der Waals surface area (Å²) in [6.07, 6.45) is 5.68. The number of hydrogen-bond acceptors (Lipinski definition) is 5. The third-order valence-corrected chi connectivity index (χ3v) is 4.10. The largest absolute Gasteiger partial charge is 0.444 e. The van der Waals surface area contributed by atoms with E-state index in [2.05, 4.69) is 10.6 Å². The molecule has 0 bridgehead atoms. The average molecular weight is 375 g/mol. The van der Waals surface area contributed by atoms with E-state index in [0.29, 0.717) is 19.5 Å². The van der Waals surface area contributed by atoms with E-state index in [9.17, 15) is 14.4 Å². The molecule has 0 aliphatic carbocycles. The van der Waals surface area contributed by atoms with Crippen molar-refractivity contribution in [3.05, 3.63) is 0 Å². The number of thioether (sulfide) groups is 1. The van der Waals surface area contributed by atoms with Crippen LogP contribution < -0.4 is 10.6 Å². The van der Waals surface area contributed by atoms with Gasteiger partial charge in [0.1, 0.15) is 5.60 Å². The molecule has 2 N–H and O–H groups in total. The Kier molecular flexibility index (Phi) is 13.3. The van der Waals surface area contributed by atoms with Crippen LogP contribution in [0.5, 0.6) is 0 Å². The van der Waals surface area contributed by atoms with Gasteiger partial charge >= 0.3 is 6.09 Å². The summed E-state index contributed by atoms with van der Waals surface area (Å²) < 4.78 is 5.15. The summed E-state index contributed by atoms with van der Waals surface area (Å²) in [7, 11) is 0. The van der Waals surface area contributed by atoms with Crippen LogP contribution in [-0.2, 0) is 14.3 Å². The molecule has 6 nitrogen and oxygen atoms in total. The van der Waals surface area contributed by atoms with Crippen LogP contribution in [0, 0.1) is 0 Å². The standard InChI is InChI=1S/C18H34N2O4S/c1-15(21)25-14-10-5-7-11-16(22)19-12-8-6-9-13-20-17(23)24-18(2,3)4/h5-14H2,1-4H3,(H,19,22)(H,20,23). The minimum absolute atomic E-state index is 0.0890. The number of nitrogens with one attached hydrogen (secondary N) is 2. The second-order valence-corrected chi connectivity index (χ2v) is 8.26. The first-order valence-electron chi connectivity index (χ1n) is 9.07. The van der Waals surface area contributed by atoms with Gasteiger partial charge in [0.15, 0.2) is 5.12 Å². The summed E-state index contributed by atoms with van der Waals surface area (Å²) in [5, 5.41) is 5.78. The molecule has 0 saturated carbocycles. The molecule has 0 saturated heterocycles. The highest BCUT2D eigenvalue weighted by atomic mass is 32.2. The van der Waals surface area contributed by atoms with Crippen molar-refractivity contribution in [3.8, 4) is 0 Å². The quantitative estimate of drug-likeness (QED) is 0.510. The van der Waals surface area contributed by atoms with E-state index >= 15 is 0 Å². The van der Waals surface area contributed by atoms with Crippen LogP contribution in [-0.4, -0.2) is 41.6 Å². The average Bonchev–Trinajstić information content (AvgIpc) is 2.47. The van der Waals surface area contributed by atoms with Crippen molar-refractivity contribution in [1.29, 1.82) is 0 Å². The van der Waals surface area contributed by atoms with E-state index in [-0.39, 0.29) is 17.1 Å². The fourth-order valence-corrected chi connectivity index (χ4v) is 2.66. The zero-order valence-electron chi connectivity index (χ0n) is 16.1. The number of amides is 2. The summed E-state index contributed by atoms with van der Waals surface area (Å²) in [5.74, 6) is 0.931. The summed E-state index contributed by atoms with van der Waals surface area (Å²) in [6.45, 7) is 8.33. The third-order valence-electron chi connectivity index (χ3n) is 3.20. The van der Waals surface area contributed by atoms with E-state index in [1.165, 1.54) is 11.8 Å². The van der Waals surface area contributed by atoms with Crippen LogP contribution in [0.1, 0.15) is 72.6 Å². The molecule has 0 aromatic rings. The van der Waals surface area contributed by atoms with Crippen molar-refractivity contribution in [1.82, 2.24) is 10.6 Å². The Morgan fingerprint density at radius 3 is 2.08 bits per heavy atom. The third kappa shape index (κ3) is 18.9. The molecule has 0 unspecified atom stereocenters. The van der Waals surface area contributed by atoms with Crippen molar-refractivity contribution in [2.45, 2.75) is 78.2 Å². The zero-order valence-corrected chi connectivity index (χ0v) is 16.9. The van der Waals surface area contributed by atoms with Crippen LogP contribution in [0.2, 0.25) is 0 Å². The van der Waals surface area contributed by atoms with Gasteiger partial charge in [0.05, 0.1) is 0 Å². The van der Waals surface area contributed by atoms with Gasteiger partial charge in [0.2, 0.25) is 5.91 Å². The van der Waals surface area contributed by atoms with Crippen LogP contribution in [0.15, 0.2) is 0 Å². The predicted octanol–water partition coefficient (Wildman–Crippen LogP) is 3.64. The van der Waals surface area contributed by atoms with Crippen molar-refractivity contribution >= 4 is 28.9 Å². The number of ether oxygens (including phenoxy) is 1. The van der Waals surface area contributed by atoms with Crippen molar-refractivity contribution in [3.63, 3.8) is 0 Å². The first-order chi connectivity index (χ1) is 11.7. The Morgan fingerprint density at radius 1 is 0.880 bits per heavy atom. The van der Waals surface area contributed by atoms with Gasteiger partial charge in [-0.05, 0) is 52.9 Å². The Bertz CT molecular complexity index is 408. The second kappa shape index (κ2) is 14.0.